The van der Waals surface area contributed by atoms with Crippen LogP contribution >= 0.6 is 0 Å². The zero-order valence-corrected chi connectivity index (χ0v) is 15.9. The fraction of sp³-hybridized carbons (Fsp3) is 0.455. The zero-order chi connectivity index (χ0) is 18.5. The van der Waals surface area contributed by atoms with Crippen molar-refractivity contribution in [2.24, 2.45) is 0 Å². The summed E-state index contributed by atoms with van der Waals surface area (Å²) in [7, 11) is 0. The largest absolute Gasteiger partial charge is 0.386 e. The summed E-state index contributed by atoms with van der Waals surface area (Å²) in [6.07, 6.45) is 1.01. The molecule has 0 radical (unpaired) electrons. The van der Waals surface area contributed by atoms with Gasteiger partial charge < -0.3 is 14.6 Å². The second kappa shape index (κ2) is 12.6. The van der Waals surface area contributed by atoms with Gasteiger partial charge in [0.2, 0.25) is 0 Å². The van der Waals surface area contributed by atoms with Crippen LogP contribution < -0.4 is 0 Å². The summed E-state index contributed by atoms with van der Waals surface area (Å²) in [6.45, 7) is 9.22. The first-order valence-corrected chi connectivity index (χ1v) is 8.99. The normalized spacial score (nSPS) is 12.0. The number of hydrogen-bond acceptors (Lipinski definition) is 3. The number of rotatable bonds is 8. The lowest BCUT2D eigenvalue weighted by atomic mass is 10.1. The minimum Gasteiger partial charge on any atom is -0.386 e. The molecule has 0 heterocycles. The summed E-state index contributed by atoms with van der Waals surface area (Å²) < 4.78 is 10.8. The Balaban J connectivity index is 0.000000251. The Morgan fingerprint density at radius 2 is 1.28 bits per heavy atom. The average Bonchev–Trinajstić information content (AvgIpc) is 2.61. The molecule has 0 aliphatic heterocycles. The molecule has 0 saturated carbocycles. The van der Waals surface area contributed by atoms with Crippen LogP contribution in [0.15, 0.2) is 60.7 Å². The second-order valence-corrected chi connectivity index (χ2v) is 6.46. The lowest BCUT2D eigenvalue weighted by Gasteiger charge is -2.13. The maximum absolute atomic E-state index is 9.64. The van der Waals surface area contributed by atoms with Crippen molar-refractivity contribution in [1.82, 2.24) is 0 Å². The molecule has 2 aromatic carbocycles. The van der Waals surface area contributed by atoms with Gasteiger partial charge in [-0.1, -0.05) is 60.7 Å². The molecule has 0 fully saturated rings. The SMILES string of the molecule is CC(C)OCCc1ccccc1.CC(C)OC[C@@H](O)c1ccccc1. The quantitative estimate of drug-likeness (QED) is 0.747. The maximum atomic E-state index is 9.64. The Labute approximate surface area is 152 Å². The van der Waals surface area contributed by atoms with Gasteiger partial charge in [0.25, 0.3) is 0 Å². The average molecular weight is 344 g/mol. The zero-order valence-electron chi connectivity index (χ0n) is 15.9. The molecule has 0 spiro atoms. The predicted molar refractivity (Wildman–Crippen MR) is 104 cm³/mol. The van der Waals surface area contributed by atoms with Gasteiger partial charge in [-0.15, -0.1) is 0 Å². The van der Waals surface area contributed by atoms with E-state index < -0.39 is 6.10 Å². The molecule has 2 aromatic rings. The first-order chi connectivity index (χ1) is 12.0. The van der Waals surface area contributed by atoms with Gasteiger partial charge in [-0.25, -0.2) is 0 Å². The smallest absolute Gasteiger partial charge is 0.102 e. The van der Waals surface area contributed by atoms with Crippen molar-refractivity contribution < 1.29 is 14.6 Å². The molecule has 2 rings (SSSR count). The molecule has 0 unspecified atom stereocenters. The Kier molecular flexibility index (Phi) is 10.8. The van der Waals surface area contributed by atoms with Gasteiger partial charge in [0.15, 0.2) is 0 Å². The summed E-state index contributed by atoms with van der Waals surface area (Å²) in [6, 6.07) is 20.0. The summed E-state index contributed by atoms with van der Waals surface area (Å²) >= 11 is 0. The predicted octanol–water partition coefficient (Wildman–Crippen LogP) is 4.80. The Bertz CT molecular complexity index is 538. The van der Waals surface area contributed by atoms with Gasteiger partial charge in [-0.3, -0.25) is 0 Å². The third-order valence-corrected chi connectivity index (χ3v) is 3.46. The van der Waals surface area contributed by atoms with E-state index in [4.69, 9.17) is 9.47 Å². The standard InChI is InChI=1S/C11H16O2.C11H16O/c1-9(2)13-8-11(12)10-6-4-3-5-7-10;1-10(2)12-9-8-11-6-4-3-5-7-11/h3-7,9,11-12H,8H2,1-2H3;3-7,10H,8-9H2,1-2H3/t11-;/m1./s1. The van der Waals surface area contributed by atoms with Gasteiger partial charge in [0.05, 0.1) is 25.4 Å². The lowest BCUT2D eigenvalue weighted by Crippen LogP contribution is -2.11. The molecular weight excluding hydrogens is 312 g/mol. The van der Waals surface area contributed by atoms with E-state index in [2.05, 4.69) is 38.1 Å². The Morgan fingerprint density at radius 1 is 0.760 bits per heavy atom. The highest BCUT2D eigenvalue weighted by molar-refractivity contribution is 5.17. The fourth-order valence-corrected chi connectivity index (χ4v) is 2.11. The molecule has 0 saturated heterocycles. The molecule has 0 aliphatic rings. The van der Waals surface area contributed by atoms with Crippen LogP contribution in [-0.2, 0) is 15.9 Å². The highest BCUT2D eigenvalue weighted by Crippen LogP contribution is 2.12. The molecule has 1 N–H and O–H groups in total. The summed E-state index contributed by atoms with van der Waals surface area (Å²) in [5.74, 6) is 0. The van der Waals surface area contributed by atoms with Gasteiger partial charge >= 0.3 is 0 Å². The van der Waals surface area contributed by atoms with Crippen molar-refractivity contribution in [3.63, 3.8) is 0 Å². The van der Waals surface area contributed by atoms with Crippen LogP contribution in [0, 0.1) is 0 Å². The molecule has 3 heteroatoms. The van der Waals surface area contributed by atoms with E-state index >= 15 is 0 Å². The van der Waals surface area contributed by atoms with E-state index in [0.717, 1.165) is 18.6 Å². The van der Waals surface area contributed by atoms with Gasteiger partial charge in [-0.05, 0) is 45.2 Å². The lowest BCUT2D eigenvalue weighted by molar-refractivity contribution is 0.00493. The van der Waals surface area contributed by atoms with Gasteiger partial charge in [-0.2, -0.15) is 0 Å². The van der Waals surface area contributed by atoms with Crippen LogP contribution in [0.4, 0.5) is 0 Å². The molecular formula is C22H32O3. The molecule has 25 heavy (non-hydrogen) atoms. The maximum Gasteiger partial charge on any atom is 0.102 e. The highest BCUT2D eigenvalue weighted by Gasteiger charge is 2.07. The first-order valence-electron chi connectivity index (χ1n) is 8.99. The Hall–Kier alpha value is -1.68. The third-order valence-electron chi connectivity index (χ3n) is 3.46. The minimum atomic E-state index is -0.511. The van der Waals surface area contributed by atoms with Crippen molar-refractivity contribution in [2.45, 2.75) is 52.4 Å². The molecule has 0 aliphatic carbocycles. The number of hydrogen-bond donors (Lipinski definition) is 1. The second-order valence-electron chi connectivity index (χ2n) is 6.46. The van der Waals surface area contributed by atoms with Crippen molar-refractivity contribution >= 4 is 0 Å². The molecule has 0 amide bonds. The van der Waals surface area contributed by atoms with Crippen molar-refractivity contribution in [2.75, 3.05) is 13.2 Å². The van der Waals surface area contributed by atoms with Crippen molar-refractivity contribution in [1.29, 1.82) is 0 Å². The number of ether oxygens (including phenoxy) is 2. The topological polar surface area (TPSA) is 38.7 Å². The van der Waals surface area contributed by atoms with Crippen LogP contribution in [0.25, 0.3) is 0 Å². The molecule has 0 bridgehead atoms. The van der Waals surface area contributed by atoms with Crippen molar-refractivity contribution in [3.05, 3.63) is 71.8 Å². The monoisotopic (exact) mass is 344 g/mol. The van der Waals surface area contributed by atoms with Gasteiger partial charge in [0.1, 0.15) is 6.10 Å². The van der Waals surface area contributed by atoms with E-state index in [1.807, 2.05) is 50.2 Å². The van der Waals surface area contributed by atoms with E-state index in [1.54, 1.807) is 0 Å². The van der Waals surface area contributed by atoms with Gasteiger partial charge in [0, 0.05) is 0 Å². The molecule has 1 atom stereocenters. The molecule has 0 aromatic heterocycles. The van der Waals surface area contributed by atoms with E-state index in [1.165, 1.54) is 5.56 Å². The Morgan fingerprint density at radius 3 is 1.80 bits per heavy atom. The number of aliphatic hydroxyl groups is 1. The first kappa shape index (κ1) is 21.4. The minimum absolute atomic E-state index is 0.165. The van der Waals surface area contributed by atoms with Crippen LogP contribution in [0.2, 0.25) is 0 Å². The fourth-order valence-electron chi connectivity index (χ4n) is 2.11. The third kappa shape index (κ3) is 10.7. The number of aliphatic hydroxyl groups excluding tert-OH is 1. The van der Waals surface area contributed by atoms with E-state index in [-0.39, 0.29) is 6.10 Å². The van der Waals surface area contributed by atoms with Crippen molar-refractivity contribution in [3.8, 4) is 0 Å². The highest BCUT2D eigenvalue weighted by atomic mass is 16.5. The van der Waals surface area contributed by atoms with Crippen LogP contribution in [-0.4, -0.2) is 30.5 Å². The number of benzene rings is 2. The summed E-state index contributed by atoms with van der Waals surface area (Å²) in [5, 5.41) is 9.64. The van der Waals surface area contributed by atoms with Crippen LogP contribution in [0.5, 0.6) is 0 Å². The van der Waals surface area contributed by atoms with Crippen LogP contribution in [0.1, 0.15) is 44.9 Å². The van der Waals surface area contributed by atoms with E-state index in [9.17, 15) is 5.11 Å². The van der Waals surface area contributed by atoms with Crippen LogP contribution in [0.3, 0.4) is 0 Å². The molecule has 3 nitrogen and oxygen atoms in total. The van der Waals surface area contributed by atoms with E-state index in [0.29, 0.717) is 12.7 Å². The molecule has 138 valence electrons. The summed E-state index contributed by atoms with van der Waals surface area (Å²) in [4.78, 5) is 0. The summed E-state index contributed by atoms with van der Waals surface area (Å²) in [5.41, 5.74) is 2.25.